The van der Waals surface area contributed by atoms with E-state index in [9.17, 15) is 4.79 Å². The number of tetrazole rings is 1. The Morgan fingerprint density at radius 1 is 1.37 bits per heavy atom. The lowest BCUT2D eigenvalue weighted by atomic mass is 10.2. The van der Waals surface area contributed by atoms with Gasteiger partial charge in [0.1, 0.15) is 5.75 Å². The lowest BCUT2D eigenvalue weighted by Crippen LogP contribution is -2.28. The third kappa shape index (κ3) is 4.06. The molecule has 2 rings (SSSR count). The van der Waals surface area contributed by atoms with E-state index in [1.807, 2.05) is 24.3 Å². The van der Waals surface area contributed by atoms with Crippen LogP contribution >= 0.6 is 0 Å². The van der Waals surface area contributed by atoms with Gasteiger partial charge in [0.15, 0.2) is 12.4 Å². The predicted molar refractivity (Wildman–Crippen MR) is 67.3 cm³/mol. The SMILES string of the molecule is CCc1ccc(OCC(=O)NCc2nn[nH]n2)cc1. The van der Waals surface area contributed by atoms with Crippen LogP contribution in [0.5, 0.6) is 5.75 Å². The Morgan fingerprint density at radius 2 is 2.16 bits per heavy atom. The van der Waals surface area contributed by atoms with Gasteiger partial charge in [-0.25, -0.2) is 0 Å². The second kappa shape index (κ2) is 6.48. The van der Waals surface area contributed by atoms with Gasteiger partial charge in [-0.2, -0.15) is 5.21 Å². The molecule has 1 amide bonds. The van der Waals surface area contributed by atoms with E-state index < -0.39 is 0 Å². The standard InChI is InChI=1S/C12H15N5O2/c1-2-9-3-5-10(6-4-9)19-8-12(18)13-7-11-14-16-17-15-11/h3-6H,2,7-8H2,1H3,(H,13,18)(H,14,15,16,17). The molecule has 19 heavy (non-hydrogen) atoms. The van der Waals surface area contributed by atoms with Gasteiger partial charge in [0.2, 0.25) is 0 Å². The number of aromatic amines is 1. The summed E-state index contributed by atoms with van der Waals surface area (Å²) in [6.45, 7) is 2.28. The van der Waals surface area contributed by atoms with E-state index in [4.69, 9.17) is 4.74 Å². The van der Waals surface area contributed by atoms with Gasteiger partial charge in [-0.05, 0) is 24.1 Å². The van der Waals surface area contributed by atoms with Crippen molar-refractivity contribution in [3.8, 4) is 5.75 Å². The summed E-state index contributed by atoms with van der Waals surface area (Å²) in [4.78, 5) is 11.5. The van der Waals surface area contributed by atoms with Gasteiger partial charge in [-0.3, -0.25) is 4.79 Å². The zero-order valence-electron chi connectivity index (χ0n) is 10.6. The number of hydrogen-bond donors (Lipinski definition) is 2. The largest absolute Gasteiger partial charge is 0.484 e. The van der Waals surface area contributed by atoms with Crippen LogP contribution in [0.2, 0.25) is 0 Å². The Kier molecular flexibility index (Phi) is 4.44. The highest BCUT2D eigenvalue weighted by Crippen LogP contribution is 2.12. The Morgan fingerprint density at radius 3 is 2.79 bits per heavy atom. The average Bonchev–Trinajstić information content (AvgIpc) is 2.96. The maximum atomic E-state index is 11.5. The lowest BCUT2D eigenvalue weighted by Gasteiger charge is -2.06. The maximum absolute atomic E-state index is 11.5. The Hall–Kier alpha value is -2.44. The number of nitrogens with one attached hydrogen (secondary N) is 2. The molecule has 0 fully saturated rings. The van der Waals surface area contributed by atoms with E-state index in [2.05, 4.69) is 32.9 Å². The average molecular weight is 261 g/mol. The Balaban J connectivity index is 1.73. The first kappa shape index (κ1) is 13.0. The van der Waals surface area contributed by atoms with Crippen LogP contribution in [0.15, 0.2) is 24.3 Å². The summed E-state index contributed by atoms with van der Waals surface area (Å²) >= 11 is 0. The number of rotatable bonds is 6. The fraction of sp³-hybridized carbons (Fsp3) is 0.333. The van der Waals surface area contributed by atoms with Gasteiger partial charge in [0, 0.05) is 0 Å². The van der Waals surface area contributed by atoms with Crippen molar-refractivity contribution in [1.29, 1.82) is 0 Å². The van der Waals surface area contributed by atoms with Gasteiger partial charge in [0.05, 0.1) is 6.54 Å². The summed E-state index contributed by atoms with van der Waals surface area (Å²) in [5.41, 5.74) is 1.23. The molecule has 0 spiro atoms. The van der Waals surface area contributed by atoms with Crippen LogP contribution in [-0.2, 0) is 17.8 Å². The van der Waals surface area contributed by atoms with E-state index in [0.717, 1.165) is 6.42 Å². The third-order valence-electron chi connectivity index (χ3n) is 2.53. The van der Waals surface area contributed by atoms with Crippen LogP contribution in [0, 0.1) is 0 Å². The molecule has 2 N–H and O–H groups in total. The number of benzene rings is 1. The fourth-order valence-corrected chi connectivity index (χ4v) is 1.46. The molecule has 1 heterocycles. The molecule has 1 aromatic carbocycles. The molecule has 0 saturated carbocycles. The first-order valence-corrected chi connectivity index (χ1v) is 5.98. The molecule has 2 aromatic rings. The minimum atomic E-state index is -0.232. The number of carbonyl (C=O) groups is 1. The summed E-state index contributed by atoms with van der Waals surface area (Å²) in [5, 5.41) is 15.8. The topological polar surface area (TPSA) is 92.8 Å². The summed E-state index contributed by atoms with van der Waals surface area (Å²) < 4.78 is 5.36. The highest BCUT2D eigenvalue weighted by molar-refractivity contribution is 5.77. The molecule has 0 saturated heterocycles. The fourth-order valence-electron chi connectivity index (χ4n) is 1.46. The zero-order valence-corrected chi connectivity index (χ0v) is 10.6. The van der Waals surface area contributed by atoms with Gasteiger partial charge in [-0.1, -0.05) is 24.3 Å². The van der Waals surface area contributed by atoms with Crippen molar-refractivity contribution in [3.05, 3.63) is 35.7 Å². The number of ether oxygens (including phenoxy) is 1. The van der Waals surface area contributed by atoms with Gasteiger partial charge in [0.25, 0.3) is 5.91 Å². The number of aryl methyl sites for hydroxylation is 1. The summed E-state index contributed by atoms with van der Waals surface area (Å²) in [6, 6.07) is 7.66. The van der Waals surface area contributed by atoms with E-state index in [0.29, 0.717) is 11.6 Å². The highest BCUT2D eigenvalue weighted by atomic mass is 16.5. The maximum Gasteiger partial charge on any atom is 0.258 e. The van der Waals surface area contributed by atoms with Crippen molar-refractivity contribution in [2.75, 3.05) is 6.61 Å². The molecule has 0 atom stereocenters. The second-order valence-corrected chi connectivity index (χ2v) is 3.89. The van der Waals surface area contributed by atoms with Crippen LogP contribution in [0.3, 0.4) is 0 Å². The van der Waals surface area contributed by atoms with Crippen LogP contribution in [0.25, 0.3) is 0 Å². The minimum Gasteiger partial charge on any atom is -0.484 e. The number of carbonyl (C=O) groups excluding carboxylic acids is 1. The van der Waals surface area contributed by atoms with Crippen molar-refractivity contribution in [2.24, 2.45) is 0 Å². The van der Waals surface area contributed by atoms with Crippen LogP contribution in [0.4, 0.5) is 0 Å². The molecule has 0 unspecified atom stereocenters. The van der Waals surface area contributed by atoms with Crippen LogP contribution < -0.4 is 10.1 Å². The van der Waals surface area contributed by atoms with E-state index in [1.54, 1.807) is 0 Å². The molecule has 7 heteroatoms. The summed E-state index contributed by atoms with van der Waals surface area (Å²) in [7, 11) is 0. The number of hydrogen-bond acceptors (Lipinski definition) is 5. The molecule has 0 aliphatic heterocycles. The van der Waals surface area contributed by atoms with Crippen molar-refractivity contribution < 1.29 is 9.53 Å². The first-order chi connectivity index (χ1) is 9.28. The van der Waals surface area contributed by atoms with Crippen molar-refractivity contribution in [3.63, 3.8) is 0 Å². The monoisotopic (exact) mass is 261 g/mol. The van der Waals surface area contributed by atoms with E-state index in [1.165, 1.54) is 5.56 Å². The molecule has 1 aromatic heterocycles. The van der Waals surface area contributed by atoms with Crippen molar-refractivity contribution in [1.82, 2.24) is 25.9 Å². The van der Waals surface area contributed by atoms with E-state index >= 15 is 0 Å². The zero-order chi connectivity index (χ0) is 13.5. The minimum absolute atomic E-state index is 0.0384. The molecule has 0 aliphatic rings. The van der Waals surface area contributed by atoms with Crippen molar-refractivity contribution >= 4 is 5.91 Å². The first-order valence-electron chi connectivity index (χ1n) is 5.98. The van der Waals surface area contributed by atoms with Crippen LogP contribution in [0.1, 0.15) is 18.3 Å². The molecule has 7 nitrogen and oxygen atoms in total. The predicted octanol–water partition coefficient (Wildman–Crippen LogP) is 0.457. The molecule has 0 radical (unpaired) electrons. The smallest absolute Gasteiger partial charge is 0.258 e. The lowest BCUT2D eigenvalue weighted by molar-refractivity contribution is -0.123. The number of amides is 1. The van der Waals surface area contributed by atoms with Gasteiger partial charge < -0.3 is 10.1 Å². The Labute approximate surface area is 110 Å². The molecular formula is C12H15N5O2. The molecular weight excluding hydrogens is 246 g/mol. The summed E-state index contributed by atoms with van der Waals surface area (Å²) in [6.07, 6.45) is 0.978. The number of H-pyrrole nitrogens is 1. The van der Waals surface area contributed by atoms with Crippen LogP contribution in [-0.4, -0.2) is 33.1 Å². The normalized spacial score (nSPS) is 10.2. The molecule has 100 valence electrons. The Bertz CT molecular complexity index is 509. The molecule has 0 bridgehead atoms. The number of aromatic nitrogens is 4. The number of nitrogens with zero attached hydrogens (tertiary/aromatic N) is 3. The highest BCUT2D eigenvalue weighted by Gasteiger charge is 2.04. The summed E-state index contributed by atoms with van der Waals surface area (Å²) in [5.74, 6) is 0.872. The van der Waals surface area contributed by atoms with Crippen molar-refractivity contribution in [2.45, 2.75) is 19.9 Å². The van der Waals surface area contributed by atoms with Gasteiger partial charge >= 0.3 is 0 Å². The second-order valence-electron chi connectivity index (χ2n) is 3.89. The third-order valence-corrected chi connectivity index (χ3v) is 2.53. The van der Waals surface area contributed by atoms with E-state index in [-0.39, 0.29) is 19.1 Å². The molecule has 0 aliphatic carbocycles. The van der Waals surface area contributed by atoms with Gasteiger partial charge in [-0.15, -0.1) is 10.2 Å². The quantitative estimate of drug-likeness (QED) is 0.788.